The zero-order valence-corrected chi connectivity index (χ0v) is 18.3. The van der Waals surface area contributed by atoms with Gasteiger partial charge in [0.25, 0.3) is 10.0 Å². The summed E-state index contributed by atoms with van der Waals surface area (Å²) < 4.78 is 28.2. The average Bonchev–Trinajstić information content (AvgIpc) is 3.09. The Hall–Kier alpha value is -0.440. The molecule has 0 spiro atoms. The molecule has 8 heteroatoms. The topological polar surface area (TPSA) is 66.5 Å². The molecule has 1 unspecified atom stereocenters. The first-order valence-corrected chi connectivity index (χ1v) is 12.5. The summed E-state index contributed by atoms with van der Waals surface area (Å²) in [6.07, 6.45) is 7.34. The summed E-state index contributed by atoms with van der Waals surface area (Å²) in [6.45, 7) is 2.97. The minimum atomic E-state index is -3.41. The first kappa shape index (κ1) is 20.3. The summed E-state index contributed by atoms with van der Waals surface area (Å²) in [4.78, 5) is 12.6. The first-order chi connectivity index (χ1) is 12.4. The molecule has 26 heavy (non-hydrogen) atoms. The molecule has 1 aliphatic carbocycles. The van der Waals surface area contributed by atoms with Crippen molar-refractivity contribution in [2.24, 2.45) is 11.8 Å². The van der Waals surface area contributed by atoms with Crippen LogP contribution in [-0.2, 0) is 14.8 Å². The van der Waals surface area contributed by atoms with Crippen LogP contribution in [0, 0.1) is 11.8 Å². The van der Waals surface area contributed by atoms with E-state index in [2.05, 4.69) is 21.2 Å². The number of carbonyl (C=O) groups excluding carboxylic acids is 1. The van der Waals surface area contributed by atoms with Crippen molar-refractivity contribution in [3.63, 3.8) is 0 Å². The summed E-state index contributed by atoms with van der Waals surface area (Å²) >= 11 is 4.57. The molecule has 1 aliphatic heterocycles. The summed E-state index contributed by atoms with van der Waals surface area (Å²) in [6, 6.07) is 3.75. The molecule has 1 saturated carbocycles. The SMILES string of the molecule is CC(C(=O)NC1CCCCC1)C1CCN(S(=O)(=O)c2ccc(Br)s2)CC1. The van der Waals surface area contributed by atoms with Crippen molar-refractivity contribution in [2.45, 2.75) is 62.1 Å². The lowest BCUT2D eigenvalue weighted by Gasteiger charge is -2.34. The van der Waals surface area contributed by atoms with Gasteiger partial charge in [0, 0.05) is 25.0 Å². The number of rotatable bonds is 5. The molecule has 1 amide bonds. The first-order valence-electron chi connectivity index (χ1n) is 9.44. The lowest BCUT2D eigenvalue weighted by atomic mass is 9.85. The van der Waals surface area contributed by atoms with Gasteiger partial charge in [-0.05, 0) is 59.7 Å². The third kappa shape index (κ3) is 4.69. The zero-order chi connectivity index (χ0) is 18.7. The van der Waals surface area contributed by atoms with E-state index in [1.54, 1.807) is 16.4 Å². The predicted octanol–water partition coefficient (Wildman–Crippen LogP) is 4.00. The molecule has 2 fully saturated rings. The molecule has 146 valence electrons. The Kier molecular flexibility index (Phi) is 6.80. The highest BCUT2D eigenvalue weighted by Gasteiger charge is 2.34. The molecule has 1 saturated heterocycles. The zero-order valence-electron chi connectivity index (χ0n) is 15.1. The van der Waals surface area contributed by atoms with E-state index in [9.17, 15) is 13.2 Å². The summed E-state index contributed by atoms with van der Waals surface area (Å²) in [5.41, 5.74) is 0. The van der Waals surface area contributed by atoms with Crippen molar-refractivity contribution < 1.29 is 13.2 Å². The fourth-order valence-electron chi connectivity index (χ4n) is 3.97. The molecule has 3 rings (SSSR count). The van der Waals surface area contributed by atoms with Gasteiger partial charge in [-0.3, -0.25) is 4.79 Å². The van der Waals surface area contributed by atoms with E-state index in [1.165, 1.54) is 30.6 Å². The highest BCUT2D eigenvalue weighted by molar-refractivity contribution is 9.11. The molecule has 5 nitrogen and oxygen atoms in total. The van der Waals surface area contributed by atoms with Gasteiger partial charge in [0.05, 0.1) is 3.79 Å². The second kappa shape index (κ2) is 8.71. The molecule has 1 aromatic heterocycles. The van der Waals surface area contributed by atoms with Crippen LogP contribution in [0.2, 0.25) is 0 Å². The van der Waals surface area contributed by atoms with E-state index in [0.717, 1.165) is 29.5 Å². The van der Waals surface area contributed by atoms with Crippen molar-refractivity contribution in [1.82, 2.24) is 9.62 Å². The van der Waals surface area contributed by atoms with Crippen LogP contribution in [0.4, 0.5) is 0 Å². The highest BCUT2D eigenvalue weighted by atomic mass is 79.9. The van der Waals surface area contributed by atoms with Crippen LogP contribution in [0.15, 0.2) is 20.1 Å². The monoisotopic (exact) mass is 462 g/mol. The number of amides is 1. The molecular formula is C18H27BrN2O3S2. The van der Waals surface area contributed by atoms with E-state index >= 15 is 0 Å². The number of nitrogens with zero attached hydrogens (tertiary/aromatic N) is 1. The molecule has 1 atom stereocenters. The number of hydrogen-bond acceptors (Lipinski definition) is 4. The normalized spacial score (nSPS) is 22.2. The largest absolute Gasteiger partial charge is 0.353 e. The molecule has 0 aromatic carbocycles. The minimum Gasteiger partial charge on any atom is -0.353 e. The van der Waals surface area contributed by atoms with Crippen LogP contribution < -0.4 is 5.32 Å². The van der Waals surface area contributed by atoms with E-state index in [-0.39, 0.29) is 17.7 Å². The van der Waals surface area contributed by atoms with Gasteiger partial charge in [0.1, 0.15) is 4.21 Å². The van der Waals surface area contributed by atoms with Crippen LogP contribution in [-0.4, -0.2) is 37.8 Å². The second-order valence-corrected chi connectivity index (χ2v) is 12.1. The van der Waals surface area contributed by atoms with Gasteiger partial charge in [-0.15, -0.1) is 11.3 Å². The van der Waals surface area contributed by atoms with Gasteiger partial charge >= 0.3 is 0 Å². The van der Waals surface area contributed by atoms with Crippen molar-refractivity contribution in [1.29, 1.82) is 0 Å². The van der Waals surface area contributed by atoms with Gasteiger partial charge in [0.15, 0.2) is 0 Å². The maximum atomic E-state index is 12.7. The molecule has 1 aromatic rings. The van der Waals surface area contributed by atoms with Gasteiger partial charge in [0.2, 0.25) is 5.91 Å². The predicted molar refractivity (Wildman–Crippen MR) is 108 cm³/mol. The molecule has 2 heterocycles. The lowest BCUT2D eigenvalue weighted by molar-refractivity contribution is -0.127. The van der Waals surface area contributed by atoms with Crippen molar-refractivity contribution in [2.75, 3.05) is 13.1 Å². The second-order valence-electron chi connectivity index (χ2n) is 7.43. The minimum absolute atomic E-state index is 0.0577. The summed E-state index contributed by atoms with van der Waals surface area (Å²) in [7, 11) is -3.41. The standard InChI is InChI=1S/C18H27BrN2O3S2/c1-13(18(22)20-15-5-3-2-4-6-15)14-9-11-21(12-10-14)26(23,24)17-8-7-16(19)25-17/h7-8,13-15H,2-6,9-12H2,1H3,(H,20,22). The van der Waals surface area contributed by atoms with Gasteiger partial charge in [-0.2, -0.15) is 4.31 Å². The van der Waals surface area contributed by atoms with E-state index in [0.29, 0.717) is 23.3 Å². The molecule has 0 bridgehead atoms. The van der Waals surface area contributed by atoms with E-state index in [1.807, 2.05) is 6.92 Å². The van der Waals surface area contributed by atoms with Gasteiger partial charge < -0.3 is 5.32 Å². The van der Waals surface area contributed by atoms with E-state index in [4.69, 9.17) is 0 Å². The maximum absolute atomic E-state index is 12.7. The van der Waals surface area contributed by atoms with Crippen LogP contribution in [0.3, 0.4) is 0 Å². The van der Waals surface area contributed by atoms with Gasteiger partial charge in [-0.25, -0.2) is 8.42 Å². The Morgan fingerprint density at radius 2 is 1.85 bits per heavy atom. The maximum Gasteiger partial charge on any atom is 0.252 e. The number of nitrogens with one attached hydrogen (secondary N) is 1. The molecule has 2 aliphatic rings. The lowest BCUT2D eigenvalue weighted by Crippen LogP contribution is -2.45. The highest BCUT2D eigenvalue weighted by Crippen LogP contribution is 2.32. The Morgan fingerprint density at radius 3 is 2.42 bits per heavy atom. The Labute approximate surface area is 168 Å². The van der Waals surface area contributed by atoms with Gasteiger partial charge in [-0.1, -0.05) is 26.2 Å². The fourth-order valence-corrected chi connectivity index (χ4v) is 7.61. The molecule has 1 N–H and O–H groups in total. The third-order valence-corrected chi connectivity index (χ3v) is 9.70. The Bertz CT molecular complexity index is 721. The third-order valence-electron chi connectivity index (χ3n) is 5.71. The smallest absolute Gasteiger partial charge is 0.252 e. The summed E-state index contributed by atoms with van der Waals surface area (Å²) in [5, 5.41) is 3.21. The quantitative estimate of drug-likeness (QED) is 0.718. The summed E-state index contributed by atoms with van der Waals surface area (Å²) in [5.74, 6) is 0.332. The number of piperidine rings is 1. The van der Waals surface area contributed by atoms with Crippen molar-refractivity contribution >= 4 is 43.2 Å². The average molecular weight is 463 g/mol. The van der Waals surface area contributed by atoms with Crippen LogP contribution in [0.5, 0.6) is 0 Å². The number of sulfonamides is 1. The van der Waals surface area contributed by atoms with Crippen LogP contribution >= 0.6 is 27.3 Å². The number of carbonyl (C=O) groups is 1. The number of halogens is 1. The Balaban J connectivity index is 1.53. The number of hydrogen-bond donors (Lipinski definition) is 1. The van der Waals surface area contributed by atoms with Crippen LogP contribution in [0.1, 0.15) is 51.9 Å². The van der Waals surface area contributed by atoms with Crippen LogP contribution in [0.25, 0.3) is 0 Å². The fraction of sp³-hybridized carbons (Fsp3) is 0.722. The Morgan fingerprint density at radius 1 is 1.19 bits per heavy atom. The number of thiophene rings is 1. The molecule has 0 radical (unpaired) electrons. The van der Waals surface area contributed by atoms with E-state index < -0.39 is 10.0 Å². The molecular weight excluding hydrogens is 436 g/mol. The van der Waals surface area contributed by atoms with Crippen molar-refractivity contribution in [3.05, 3.63) is 15.9 Å². The van der Waals surface area contributed by atoms with Crippen molar-refractivity contribution in [3.8, 4) is 0 Å².